The number of methoxy groups -OCH3 is 1. The minimum Gasteiger partial charge on any atom is -0.493 e. The van der Waals surface area contributed by atoms with Crippen LogP contribution in [-0.2, 0) is 58.5 Å². The fourth-order valence-corrected chi connectivity index (χ4v) is 6.97. The van der Waals surface area contributed by atoms with Crippen molar-refractivity contribution >= 4 is 33.9 Å². The van der Waals surface area contributed by atoms with Gasteiger partial charge in [-0.1, -0.05) is 38.1 Å². The first-order valence-electron chi connectivity index (χ1n) is 21.1. The Morgan fingerprint density at radius 2 is 1.24 bits per heavy atom. The summed E-state index contributed by atoms with van der Waals surface area (Å²) in [6.45, 7) is -0.0262. The minimum atomic E-state index is -4.94. The van der Waals surface area contributed by atoms with Crippen molar-refractivity contribution in [2.45, 2.75) is 62.7 Å². The number of carbonyl (C=O) groups excluding carboxylic acids is 3. The largest absolute Gasteiger partial charge is 0.510 e. The van der Waals surface area contributed by atoms with Gasteiger partial charge in [-0.05, 0) is 61.6 Å². The molecule has 2 aromatic heterocycles. The van der Waals surface area contributed by atoms with Crippen LogP contribution in [0.2, 0.25) is 0 Å². The fraction of sp³-hybridized carbons (Fsp3) is 0.439. The van der Waals surface area contributed by atoms with E-state index in [0.29, 0.717) is 9.87 Å². The van der Waals surface area contributed by atoms with Gasteiger partial charge < -0.3 is 47.7 Å². The molecule has 0 aliphatic heterocycles. The molecule has 0 N–H and O–H groups in total. The standard InChI is InChI=1S/C41H48N8O21S/c1-41(2,27-65-34(51)14-9-24-69-49(57)58)29-15-17-30(18-16-29)71(59,60)46(28-66-40(52)64-21-6-7-22-67-47(53)54)38-35(70-32-12-5-4-11-31(32)61-3)39(45-37(44-38)36-42-19-10-20-43-36)63-26-25-62-33(50)13-8-23-68-48(55)56/h4-5,10-12,15-20H,6-9,13-14,21-28H2,1-3H3. The molecule has 2 heterocycles. The van der Waals surface area contributed by atoms with Crippen LogP contribution in [0.25, 0.3) is 11.6 Å². The summed E-state index contributed by atoms with van der Waals surface area (Å²) >= 11 is 0. The van der Waals surface area contributed by atoms with Gasteiger partial charge in [-0.25, -0.2) is 32.5 Å². The molecule has 0 fully saturated rings. The Kier molecular flexibility index (Phi) is 21.4. The maximum absolute atomic E-state index is 15.0. The highest BCUT2D eigenvalue weighted by molar-refractivity contribution is 7.92. The molecule has 0 saturated carbocycles. The normalized spacial score (nSPS) is 11.0. The molecule has 2 aromatic carbocycles. The maximum Gasteiger partial charge on any atom is 0.510 e. The fourth-order valence-electron chi connectivity index (χ4n) is 5.70. The first kappa shape index (κ1) is 55.2. The highest BCUT2D eigenvalue weighted by Gasteiger charge is 2.35. The molecular formula is C41H48N8O21S. The third-order valence-corrected chi connectivity index (χ3v) is 10.9. The number of rotatable bonds is 32. The van der Waals surface area contributed by atoms with E-state index in [1.807, 2.05) is 0 Å². The summed E-state index contributed by atoms with van der Waals surface area (Å²) in [4.78, 5) is 98.7. The Hall–Kier alpha value is -8.44. The van der Waals surface area contributed by atoms with Crippen LogP contribution in [0.3, 0.4) is 0 Å². The van der Waals surface area contributed by atoms with Gasteiger partial charge in [0, 0.05) is 30.7 Å². The summed E-state index contributed by atoms with van der Waals surface area (Å²) < 4.78 is 69.4. The SMILES string of the molecule is COc1ccccc1Oc1c(OCCOC(=O)CCCO[N+](=O)[O-])nc(-c2ncccn2)nc1N(COC(=O)OCCCCO[N+](=O)[O-])S(=O)(=O)c1ccc(C(C)(C)COC(=O)CCCO[N+](=O)[O-])cc1. The van der Waals surface area contributed by atoms with Crippen LogP contribution in [0, 0.1) is 30.3 Å². The first-order valence-corrected chi connectivity index (χ1v) is 22.5. The number of para-hydroxylation sites is 2. The third-order valence-electron chi connectivity index (χ3n) is 9.20. The summed E-state index contributed by atoms with van der Waals surface area (Å²) in [6.07, 6.45) is 1.12. The van der Waals surface area contributed by atoms with E-state index in [1.54, 1.807) is 26.0 Å². The highest BCUT2D eigenvalue weighted by atomic mass is 32.2. The van der Waals surface area contributed by atoms with Gasteiger partial charge >= 0.3 is 18.1 Å². The van der Waals surface area contributed by atoms with Crippen molar-refractivity contribution < 1.29 is 85.7 Å². The van der Waals surface area contributed by atoms with E-state index >= 15 is 8.42 Å². The summed E-state index contributed by atoms with van der Waals surface area (Å²) in [5.74, 6) is -3.41. The molecule has 0 spiro atoms. The zero-order chi connectivity index (χ0) is 51.8. The molecule has 384 valence electrons. The average molecular weight is 1020 g/mol. The molecule has 0 aliphatic rings. The lowest BCUT2D eigenvalue weighted by Crippen LogP contribution is -2.36. The zero-order valence-corrected chi connectivity index (χ0v) is 39.1. The maximum atomic E-state index is 15.0. The van der Waals surface area contributed by atoms with Gasteiger partial charge in [0.15, 0.2) is 29.9 Å². The number of sulfonamides is 1. The molecule has 4 rings (SSSR count). The zero-order valence-electron chi connectivity index (χ0n) is 38.3. The van der Waals surface area contributed by atoms with Crippen molar-refractivity contribution in [1.29, 1.82) is 0 Å². The topological polar surface area (TPSA) is 362 Å². The van der Waals surface area contributed by atoms with E-state index in [0.717, 1.165) is 0 Å². The molecule has 4 aromatic rings. The van der Waals surface area contributed by atoms with E-state index in [-0.39, 0.29) is 94.7 Å². The predicted molar refractivity (Wildman–Crippen MR) is 237 cm³/mol. The number of unbranched alkanes of at least 4 members (excludes halogenated alkanes) is 1. The molecule has 0 saturated heterocycles. The number of hydrogen-bond acceptors (Lipinski definition) is 25. The quantitative estimate of drug-likeness (QED) is 0.0159. The van der Waals surface area contributed by atoms with Gasteiger partial charge in [0.1, 0.15) is 19.8 Å². The Bertz CT molecular complexity index is 2540. The van der Waals surface area contributed by atoms with Crippen LogP contribution in [0.5, 0.6) is 23.1 Å². The number of benzene rings is 2. The molecule has 71 heavy (non-hydrogen) atoms. The monoisotopic (exact) mass is 1020 g/mol. The molecule has 0 atom stereocenters. The van der Waals surface area contributed by atoms with Crippen LogP contribution < -0.4 is 18.5 Å². The third kappa shape index (κ3) is 18.2. The number of ether oxygens (including phenoxy) is 7. The van der Waals surface area contributed by atoms with Gasteiger partial charge in [0.2, 0.25) is 11.6 Å². The van der Waals surface area contributed by atoms with E-state index in [1.165, 1.54) is 62.0 Å². The van der Waals surface area contributed by atoms with Gasteiger partial charge in [0.05, 0.1) is 38.4 Å². The minimum absolute atomic E-state index is 0.0206. The van der Waals surface area contributed by atoms with Gasteiger partial charge in [0.25, 0.3) is 31.2 Å². The Morgan fingerprint density at radius 3 is 1.85 bits per heavy atom. The second kappa shape index (κ2) is 27.5. The lowest BCUT2D eigenvalue weighted by Gasteiger charge is -2.27. The van der Waals surface area contributed by atoms with Crippen molar-refractivity contribution in [1.82, 2.24) is 19.9 Å². The van der Waals surface area contributed by atoms with Crippen LogP contribution >= 0.6 is 0 Å². The van der Waals surface area contributed by atoms with Gasteiger partial charge in [-0.3, -0.25) is 9.59 Å². The smallest absolute Gasteiger partial charge is 0.493 e. The highest BCUT2D eigenvalue weighted by Crippen LogP contribution is 2.44. The van der Waals surface area contributed by atoms with Gasteiger partial charge in [-0.15, -0.1) is 30.3 Å². The number of esters is 2. The predicted octanol–water partition coefficient (Wildman–Crippen LogP) is 4.75. The Morgan fingerprint density at radius 1 is 0.662 bits per heavy atom. The van der Waals surface area contributed by atoms with Crippen molar-refractivity contribution in [3.8, 4) is 34.8 Å². The number of hydrogen-bond donors (Lipinski definition) is 0. The van der Waals surface area contributed by atoms with Crippen LogP contribution in [-0.4, -0.2) is 122 Å². The lowest BCUT2D eigenvalue weighted by atomic mass is 9.86. The summed E-state index contributed by atoms with van der Waals surface area (Å²) in [7, 11) is -3.60. The number of anilines is 1. The molecule has 0 unspecified atom stereocenters. The van der Waals surface area contributed by atoms with Crippen LogP contribution in [0.15, 0.2) is 71.9 Å². The summed E-state index contributed by atoms with van der Waals surface area (Å²) in [5.41, 5.74) is -0.404. The van der Waals surface area contributed by atoms with Gasteiger partial charge in [-0.2, -0.15) is 4.98 Å². The molecule has 29 nitrogen and oxygen atoms in total. The molecule has 0 bridgehead atoms. The van der Waals surface area contributed by atoms with Crippen LogP contribution in [0.4, 0.5) is 10.6 Å². The number of carbonyl (C=O) groups is 3. The lowest BCUT2D eigenvalue weighted by molar-refractivity contribution is -0.757. The Labute approximate surface area is 403 Å². The van der Waals surface area contributed by atoms with Crippen molar-refractivity contribution in [3.63, 3.8) is 0 Å². The molecule has 30 heteroatoms. The second-order valence-electron chi connectivity index (χ2n) is 14.8. The Balaban J connectivity index is 1.78. The molecule has 0 radical (unpaired) electrons. The second-order valence-corrected chi connectivity index (χ2v) is 16.6. The van der Waals surface area contributed by atoms with E-state index in [4.69, 9.17) is 33.2 Å². The van der Waals surface area contributed by atoms with Crippen LogP contribution in [0.1, 0.15) is 57.9 Å². The average Bonchev–Trinajstić information content (AvgIpc) is 3.34. The van der Waals surface area contributed by atoms with Crippen molar-refractivity contribution in [2.24, 2.45) is 0 Å². The summed E-state index contributed by atoms with van der Waals surface area (Å²) in [6, 6.07) is 13.0. The van der Waals surface area contributed by atoms with Crippen molar-refractivity contribution in [2.75, 3.05) is 64.4 Å². The summed E-state index contributed by atoms with van der Waals surface area (Å²) in [5, 5.41) is 28.4. The first-order chi connectivity index (χ1) is 33.9. The number of nitrogens with zero attached hydrogens (tertiary/aromatic N) is 8. The number of aromatic nitrogens is 4. The molecular weight excluding hydrogens is 973 g/mol. The molecule has 0 aliphatic carbocycles. The molecule has 0 amide bonds. The van der Waals surface area contributed by atoms with Crippen molar-refractivity contribution in [3.05, 3.63) is 103 Å². The van der Waals surface area contributed by atoms with E-state index < -0.39 is 91.1 Å². The van der Waals surface area contributed by atoms with E-state index in [2.05, 4.69) is 34.4 Å². The van der Waals surface area contributed by atoms with E-state index in [9.17, 15) is 44.7 Å².